The Morgan fingerprint density at radius 2 is 2.00 bits per heavy atom. The molecule has 0 aliphatic heterocycles. The second kappa shape index (κ2) is 7.75. The number of fused-ring (bicyclic) bond motifs is 1. The van der Waals surface area contributed by atoms with Crippen molar-refractivity contribution in [3.8, 4) is 0 Å². The molecule has 0 bridgehead atoms. The zero-order valence-corrected chi connectivity index (χ0v) is 17.8. The molecule has 29 heavy (non-hydrogen) atoms. The van der Waals surface area contributed by atoms with Crippen LogP contribution in [0.5, 0.6) is 0 Å². The van der Waals surface area contributed by atoms with Gasteiger partial charge in [0.25, 0.3) is 5.91 Å². The maximum Gasteiger partial charge on any atom is 0.280 e. The summed E-state index contributed by atoms with van der Waals surface area (Å²) in [7, 11) is 0. The number of thiazole rings is 1. The van der Waals surface area contributed by atoms with Crippen LogP contribution in [0, 0.1) is 20.8 Å². The van der Waals surface area contributed by atoms with E-state index in [-0.39, 0.29) is 5.91 Å². The van der Waals surface area contributed by atoms with E-state index in [1.54, 1.807) is 11.1 Å². The number of amides is 1. The number of benzene rings is 1. The molecule has 4 aromatic rings. The maximum atomic E-state index is 13.4. The Balaban J connectivity index is 1.79. The summed E-state index contributed by atoms with van der Waals surface area (Å²) in [6.07, 6.45) is 1.74. The van der Waals surface area contributed by atoms with Crippen molar-refractivity contribution in [2.45, 2.75) is 40.8 Å². The van der Waals surface area contributed by atoms with Gasteiger partial charge in [-0.3, -0.25) is 19.4 Å². The normalized spacial score (nSPS) is 11.2. The zero-order valence-electron chi connectivity index (χ0n) is 17.0. The van der Waals surface area contributed by atoms with Crippen LogP contribution in [-0.4, -0.2) is 25.7 Å². The highest BCUT2D eigenvalue weighted by atomic mass is 32.1. The van der Waals surface area contributed by atoms with E-state index >= 15 is 0 Å². The second-order valence-electron chi connectivity index (χ2n) is 7.13. The van der Waals surface area contributed by atoms with E-state index < -0.39 is 0 Å². The average Bonchev–Trinajstić information content (AvgIpc) is 3.29. The van der Waals surface area contributed by atoms with E-state index in [1.807, 2.05) is 42.8 Å². The second-order valence-corrected chi connectivity index (χ2v) is 8.10. The highest BCUT2D eigenvalue weighted by Crippen LogP contribution is 2.33. The Hall–Kier alpha value is -3.06. The number of aromatic nitrogens is 4. The van der Waals surface area contributed by atoms with Crippen LogP contribution >= 0.6 is 11.3 Å². The topological polar surface area (TPSA) is 63.9 Å². The van der Waals surface area contributed by atoms with Crippen LogP contribution in [0.2, 0.25) is 0 Å². The number of pyridine rings is 1. The van der Waals surface area contributed by atoms with Gasteiger partial charge in [0, 0.05) is 18.4 Å². The monoisotopic (exact) mass is 405 g/mol. The molecule has 0 radical (unpaired) electrons. The van der Waals surface area contributed by atoms with Gasteiger partial charge in [0.15, 0.2) is 10.8 Å². The van der Waals surface area contributed by atoms with Crippen molar-refractivity contribution < 1.29 is 4.79 Å². The Labute approximate surface area is 173 Å². The van der Waals surface area contributed by atoms with Crippen LogP contribution in [0.25, 0.3) is 10.2 Å². The number of carbonyl (C=O) groups is 1. The molecule has 0 spiro atoms. The van der Waals surface area contributed by atoms with Crippen molar-refractivity contribution in [3.63, 3.8) is 0 Å². The molecule has 148 valence electrons. The van der Waals surface area contributed by atoms with E-state index in [4.69, 9.17) is 4.98 Å². The molecular formula is C22H23N5OS. The summed E-state index contributed by atoms with van der Waals surface area (Å²) in [5, 5.41) is 5.14. The Morgan fingerprint density at radius 3 is 2.69 bits per heavy atom. The lowest BCUT2D eigenvalue weighted by Gasteiger charge is -2.18. The van der Waals surface area contributed by atoms with Crippen molar-refractivity contribution in [1.29, 1.82) is 0 Å². The van der Waals surface area contributed by atoms with Gasteiger partial charge in [0.2, 0.25) is 0 Å². The smallest absolute Gasteiger partial charge is 0.276 e. The molecule has 3 aromatic heterocycles. The van der Waals surface area contributed by atoms with Gasteiger partial charge >= 0.3 is 0 Å². The molecule has 1 aromatic carbocycles. The molecule has 7 heteroatoms. The van der Waals surface area contributed by atoms with Crippen molar-refractivity contribution in [1.82, 2.24) is 19.7 Å². The minimum Gasteiger partial charge on any atom is -0.276 e. The van der Waals surface area contributed by atoms with Crippen LogP contribution in [0.1, 0.15) is 39.9 Å². The molecule has 0 aliphatic rings. The van der Waals surface area contributed by atoms with Gasteiger partial charge in [0.05, 0.1) is 22.5 Å². The Kier molecular flexibility index (Phi) is 5.15. The summed E-state index contributed by atoms with van der Waals surface area (Å²) in [6, 6.07) is 11.7. The fraction of sp³-hybridized carbons (Fsp3) is 0.273. The fourth-order valence-electron chi connectivity index (χ4n) is 3.43. The lowest BCUT2D eigenvalue weighted by Crippen LogP contribution is -2.31. The molecule has 0 N–H and O–H groups in total. The molecule has 0 saturated carbocycles. The van der Waals surface area contributed by atoms with Crippen LogP contribution in [-0.2, 0) is 13.1 Å². The highest BCUT2D eigenvalue weighted by molar-refractivity contribution is 7.22. The first-order valence-electron chi connectivity index (χ1n) is 9.60. The Morgan fingerprint density at radius 1 is 1.17 bits per heavy atom. The first-order chi connectivity index (χ1) is 14.0. The largest absolute Gasteiger partial charge is 0.280 e. The van der Waals surface area contributed by atoms with Gasteiger partial charge in [-0.1, -0.05) is 23.5 Å². The molecule has 0 fully saturated rings. The molecule has 3 heterocycles. The number of hydrogen-bond acceptors (Lipinski definition) is 5. The number of aryl methyl sites for hydroxylation is 4. The van der Waals surface area contributed by atoms with Gasteiger partial charge < -0.3 is 0 Å². The van der Waals surface area contributed by atoms with E-state index in [0.29, 0.717) is 17.4 Å². The molecule has 0 unspecified atom stereocenters. The van der Waals surface area contributed by atoms with Crippen molar-refractivity contribution >= 4 is 32.6 Å². The quantitative estimate of drug-likeness (QED) is 0.484. The molecule has 1 amide bonds. The summed E-state index contributed by atoms with van der Waals surface area (Å²) in [5.74, 6) is -0.167. The number of carbonyl (C=O) groups excluding carboxylic acids is 1. The third-order valence-corrected chi connectivity index (χ3v) is 6.06. The minimum atomic E-state index is -0.167. The average molecular weight is 406 g/mol. The summed E-state index contributed by atoms with van der Waals surface area (Å²) in [4.78, 5) is 24.3. The van der Waals surface area contributed by atoms with Gasteiger partial charge in [0.1, 0.15) is 0 Å². The van der Waals surface area contributed by atoms with Crippen molar-refractivity contribution in [2.24, 2.45) is 0 Å². The van der Waals surface area contributed by atoms with Gasteiger partial charge in [-0.15, -0.1) is 0 Å². The Bertz CT molecular complexity index is 1180. The molecule has 4 rings (SSSR count). The van der Waals surface area contributed by atoms with E-state index in [1.165, 1.54) is 16.9 Å². The highest BCUT2D eigenvalue weighted by Gasteiger charge is 2.25. The predicted molar refractivity (Wildman–Crippen MR) is 116 cm³/mol. The summed E-state index contributed by atoms with van der Waals surface area (Å²) in [6.45, 7) is 9.17. The maximum absolute atomic E-state index is 13.4. The standard InChI is InChI=1S/C22H23N5OS/c1-5-27-16(4)12-19(25-27)21(28)26(13-17-8-6-7-9-23-17)22-24-18-11-14(2)10-15(3)20(18)29-22/h6-12H,5,13H2,1-4H3. The predicted octanol–water partition coefficient (Wildman–Crippen LogP) is 4.68. The SMILES string of the molecule is CCn1nc(C(=O)N(Cc2ccccn2)c2nc3cc(C)cc(C)c3s2)cc1C. The number of rotatable bonds is 5. The van der Waals surface area contributed by atoms with E-state index in [0.717, 1.165) is 33.7 Å². The summed E-state index contributed by atoms with van der Waals surface area (Å²) in [5.41, 5.74) is 5.43. The number of nitrogens with zero attached hydrogens (tertiary/aromatic N) is 5. The lowest BCUT2D eigenvalue weighted by atomic mass is 10.1. The van der Waals surface area contributed by atoms with Gasteiger partial charge in [-0.25, -0.2) is 4.98 Å². The third kappa shape index (κ3) is 3.78. The first kappa shape index (κ1) is 19.3. The molecule has 0 saturated heterocycles. The summed E-state index contributed by atoms with van der Waals surface area (Å²) < 4.78 is 2.93. The van der Waals surface area contributed by atoms with Crippen LogP contribution in [0.4, 0.5) is 5.13 Å². The molecule has 6 nitrogen and oxygen atoms in total. The first-order valence-corrected chi connectivity index (χ1v) is 10.4. The van der Waals surface area contributed by atoms with Crippen LogP contribution in [0.3, 0.4) is 0 Å². The van der Waals surface area contributed by atoms with Gasteiger partial charge in [-0.2, -0.15) is 5.10 Å². The fourth-order valence-corrected chi connectivity index (χ4v) is 4.45. The van der Waals surface area contributed by atoms with Crippen molar-refractivity contribution in [3.05, 3.63) is 70.8 Å². The molecule has 0 atom stereocenters. The number of hydrogen-bond donors (Lipinski definition) is 0. The number of anilines is 1. The van der Waals surface area contributed by atoms with Crippen LogP contribution in [0.15, 0.2) is 42.6 Å². The zero-order chi connectivity index (χ0) is 20.5. The van der Waals surface area contributed by atoms with Crippen molar-refractivity contribution in [2.75, 3.05) is 4.90 Å². The molecular weight excluding hydrogens is 382 g/mol. The minimum absolute atomic E-state index is 0.167. The third-order valence-electron chi connectivity index (χ3n) is 4.83. The van der Waals surface area contributed by atoms with E-state index in [2.05, 4.69) is 36.1 Å². The lowest BCUT2D eigenvalue weighted by molar-refractivity contribution is 0.0979. The van der Waals surface area contributed by atoms with Crippen LogP contribution < -0.4 is 4.90 Å². The van der Waals surface area contributed by atoms with Gasteiger partial charge in [-0.05, 0) is 63.1 Å². The summed E-state index contributed by atoms with van der Waals surface area (Å²) >= 11 is 1.53. The molecule has 0 aliphatic carbocycles. The van der Waals surface area contributed by atoms with E-state index in [9.17, 15) is 4.79 Å².